The van der Waals surface area contributed by atoms with E-state index in [2.05, 4.69) is 34.5 Å². The van der Waals surface area contributed by atoms with Gasteiger partial charge in [0, 0.05) is 31.4 Å². The Morgan fingerprint density at radius 2 is 1.31 bits per heavy atom. The summed E-state index contributed by atoms with van der Waals surface area (Å²) in [7, 11) is 0. The summed E-state index contributed by atoms with van der Waals surface area (Å²) in [5.41, 5.74) is 2.99. The number of carbonyl (C=O) groups excluding carboxylic acids is 2. The quantitative estimate of drug-likeness (QED) is 0.605. The van der Waals surface area contributed by atoms with Crippen molar-refractivity contribution >= 4 is 17.5 Å². The van der Waals surface area contributed by atoms with Crippen molar-refractivity contribution in [2.75, 3.05) is 18.0 Å². The molecule has 1 aliphatic rings. The number of rotatable bonds is 6. The third kappa shape index (κ3) is 5.83. The van der Waals surface area contributed by atoms with Crippen LogP contribution < -0.4 is 10.2 Å². The highest BCUT2D eigenvalue weighted by molar-refractivity contribution is 6.40. The van der Waals surface area contributed by atoms with Crippen LogP contribution in [0, 0.1) is 0 Å². The molecule has 2 amide bonds. The van der Waals surface area contributed by atoms with Crippen LogP contribution in [0.4, 0.5) is 5.69 Å². The van der Waals surface area contributed by atoms with Gasteiger partial charge in [0.1, 0.15) is 0 Å². The van der Waals surface area contributed by atoms with E-state index in [1.54, 1.807) is 4.90 Å². The molecule has 0 aromatic heterocycles. The van der Waals surface area contributed by atoms with Crippen LogP contribution in [0.15, 0.2) is 91.0 Å². The van der Waals surface area contributed by atoms with E-state index in [4.69, 9.17) is 0 Å². The Bertz CT molecular complexity index is 1000. The molecule has 0 unspecified atom stereocenters. The van der Waals surface area contributed by atoms with Crippen molar-refractivity contribution in [2.24, 2.45) is 0 Å². The molecular formula is C27H29N3O2. The molecule has 32 heavy (non-hydrogen) atoms. The Morgan fingerprint density at radius 3 is 1.91 bits per heavy atom. The van der Waals surface area contributed by atoms with Crippen LogP contribution in [0.5, 0.6) is 0 Å². The van der Waals surface area contributed by atoms with Gasteiger partial charge in [-0.1, -0.05) is 78.9 Å². The molecule has 1 fully saturated rings. The van der Waals surface area contributed by atoms with Crippen LogP contribution in [-0.4, -0.2) is 35.8 Å². The number of benzene rings is 3. The van der Waals surface area contributed by atoms with Gasteiger partial charge >= 0.3 is 11.8 Å². The number of para-hydroxylation sites is 1. The number of anilines is 1. The number of nitrogens with zero attached hydrogens (tertiary/aromatic N) is 2. The lowest BCUT2D eigenvalue weighted by Gasteiger charge is -2.32. The fraction of sp³-hybridized carbons (Fsp3) is 0.259. The molecule has 3 aromatic rings. The number of hydrogen-bond donors (Lipinski definition) is 1. The van der Waals surface area contributed by atoms with Gasteiger partial charge in [0.05, 0.1) is 6.54 Å². The summed E-state index contributed by atoms with van der Waals surface area (Å²) in [6, 6.07) is 29.5. The van der Waals surface area contributed by atoms with E-state index in [-0.39, 0.29) is 6.04 Å². The molecule has 3 aromatic carbocycles. The zero-order chi connectivity index (χ0) is 22.2. The number of piperidine rings is 1. The van der Waals surface area contributed by atoms with E-state index in [0.29, 0.717) is 12.2 Å². The first kappa shape index (κ1) is 21.8. The lowest BCUT2D eigenvalue weighted by molar-refractivity contribution is -0.138. The molecule has 1 aliphatic heterocycles. The van der Waals surface area contributed by atoms with Gasteiger partial charge < -0.3 is 5.32 Å². The van der Waals surface area contributed by atoms with Gasteiger partial charge in [0.2, 0.25) is 0 Å². The van der Waals surface area contributed by atoms with Crippen molar-refractivity contribution in [3.8, 4) is 0 Å². The third-order valence-electron chi connectivity index (χ3n) is 5.86. The summed E-state index contributed by atoms with van der Waals surface area (Å²) in [5, 5.41) is 2.98. The molecule has 5 heteroatoms. The molecular weight excluding hydrogens is 398 g/mol. The molecule has 0 radical (unpaired) electrons. The first-order chi connectivity index (χ1) is 15.7. The predicted octanol–water partition coefficient (Wildman–Crippen LogP) is 4.00. The van der Waals surface area contributed by atoms with Gasteiger partial charge in [0.25, 0.3) is 0 Å². The minimum atomic E-state index is -0.536. The zero-order valence-electron chi connectivity index (χ0n) is 18.2. The van der Waals surface area contributed by atoms with Crippen molar-refractivity contribution in [3.05, 3.63) is 102 Å². The van der Waals surface area contributed by atoms with Gasteiger partial charge in [-0.3, -0.25) is 19.4 Å². The maximum Gasteiger partial charge on any atom is 0.316 e. The van der Waals surface area contributed by atoms with Crippen LogP contribution in [0.2, 0.25) is 0 Å². The van der Waals surface area contributed by atoms with E-state index in [1.165, 1.54) is 5.56 Å². The summed E-state index contributed by atoms with van der Waals surface area (Å²) < 4.78 is 0. The number of likely N-dealkylation sites (tertiary alicyclic amines) is 1. The Morgan fingerprint density at radius 1 is 0.781 bits per heavy atom. The summed E-state index contributed by atoms with van der Waals surface area (Å²) >= 11 is 0. The SMILES string of the molecule is O=C(NC1CCN(Cc2ccccc2)CC1)C(=O)N(Cc1ccccc1)c1ccccc1. The highest BCUT2D eigenvalue weighted by Crippen LogP contribution is 2.18. The van der Waals surface area contributed by atoms with E-state index in [0.717, 1.165) is 38.0 Å². The van der Waals surface area contributed by atoms with Gasteiger partial charge in [-0.2, -0.15) is 0 Å². The maximum absolute atomic E-state index is 13.1. The lowest BCUT2D eigenvalue weighted by atomic mass is 10.0. The van der Waals surface area contributed by atoms with Crippen molar-refractivity contribution < 1.29 is 9.59 Å². The Labute approximate surface area is 189 Å². The van der Waals surface area contributed by atoms with Crippen molar-refractivity contribution in [1.82, 2.24) is 10.2 Å². The van der Waals surface area contributed by atoms with Crippen molar-refractivity contribution in [2.45, 2.75) is 32.0 Å². The van der Waals surface area contributed by atoms with E-state index >= 15 is 0 Å². The summed E-state index contributed by atoms with van der Waals surface area (Å²) in [5.74, 6) is -1.06. The lowest BCUT2D eigenvalue weighted by Crippen LogP contribution is -2.50. The van der Waals surface area contributed by atoms with Gasteiger partial charge in [-0.15, -0.1) is 0 Å². The maximum atomic E-state index is 13.1. The van der Waals surface area contributed by atoms with Crippen molar-refractivity contribution in [1.29, 1.82) is 0 Å². The second-order valence-electron chi connectivity index (χ2n) is 8.22. The molecule has 0 spiro atoms. The van der Waals surface area contributed by atoms with E-state index < -0.39 is 11.8 Å². The fourth-order valence-corrected chi connectivity index (χ4v) is 4.10. The first-order valence-electron chi connectivity index (χ1n) is 11.2. The predicted molar refractivity (Wildman–Crippen MR) is 127 cm³/mol. The molecule has 5 nitrogen and oxygen atoms in total. The molecule has 0 saturated carbocycles. The van der Waals surface area contributed by atoms with Gasteiger partial charge in [-0.05, 0) is 36.1 Å². The molecule has 164 valence electrons. The second kappa shape index (κ2) is 10.7. The smallest absolute Gasteiger partial charge is 0.316 e. The normalized spacial score (nSPS) is 14.6. The molecule has 0 aliphatic carbocycles. The minimum absolute atomic E-state index is 0.0211. The van der Waals surface area contributed by atoms with Crippen LogP contribution in [-0.2, 0) is 22.7 Å². The molecule has 4 rings (SSSR count). The Hall–Kier alpha value is -3.44. The minimum Gasteiger partial charge on any atom is -0.345 e. The largest absolute Gasteiger partial charge is 0.345 e. The van der Waals surface area contributed by atoms with E-state index in [1.807, 2.05) is 66.7 Å². The van der Waals surface area contributed by atoms with Crippen molar-refractivity contribution in [3.63, 3.8) is 0 Å². The summed E-state index contributed by atoms with van der Waals surface area (Å²) in [6.07, 6.45) is 1.69. The standard InChI is InChI=1S/C27H29N3O2/c31-26(28-24-16-18-29(19-17-24)20-22-10-4-1-5-11-22)27(32)30(25-14-8-3-9-15-25)21-23-12-6-2-7-13-23/h1-15,24H,16-21H2,(H,28,31). The highest BCUT2D eigenvalue weighted by Gasteiger charge is 2.27. The van der Waals surface area contributed by atoms with E-state index in [9.17, 15) is 9.59 Å². The van der Waals surface area contributed by atoms with Crippen LogP contribution in [0.1, 0.15) is 24.0 Å². The number of carbonyl (C=O) groups is 2. The highest BCUT2D eigenvalue weighted by atomic mass is 16.2. The monoisotopic (exact) mass is 427 g/mol. The summed E-state index contributed by atoms with van der Waals surface area (Å²) in [4.78, 5) is 29.9. The number of amides is 2. The topological polar surface area (TPSA) is 52.7 Å². The zero-order valence-corrected chi connectivity index (χ0v) is 18.2. The molecule has 1 heterocycles. The number of nitrogens with one attached hydrogen (secondary N) is 1. The second-order valence-corrected chi connectivity index (χ2v) is 8.22. The average molecular weight is 428 g/mol. The van der Waals surface area contributed by atoms with Crippen LogP contribution in [0.3, 0.4) is 0 Å². The van der Waals surface area contributed by atoms with Crippen LogP contribution in [0.25, 0.3) is 0 Å². The van der Waals surface area contributed by atoms with Crippen LogP contribution >= 0.6 is 0 Å². The fourth-order valence-electron chi connectivity index (χ4n) is 4.10. The Kier molecular flexibility index (Phi) is 7.31. The third-order valence-corrected chi connectivity index (χ3v) is 5.86. The van der Waals surface area contributed by atoms with Gasteiger partial charge in [0.15, 0.2) is 0 Å². The van der Waals surface area contributed by atoms with Gasteiger partial charge in [-0.25, -0.2) is 0 Å². The number of hydrogen-bond acceptors (Lipinski definition) is 3. The average Bonchev–Trinajstić information content (AvgIpc) is 2.85. The molecule has 0 bridgehead atoms. The molecule has 1 saturated heterocycles. The summed E-state index contributed by atoms with van der Waals surface area (Å²) in [6.45, 7) is 3.08. The first-order valence-corrected chi connectivity index (χ1v) is 11.2. The molecule has 0 atom stereocenters. The Balaban J connectivity index is 1.35. The molecule has 1 N–H and O–H groups in total.